The van der Waals surface area contributed by atoms with Crippen LogP contribution in [-0.2, 0) is 19.1 Å². The van der Waals surface area contributed by atoms with E-state index in [2.05, 4.69) is 0 Å². The lowest BCUT2D eigenvalue weighted by Gasteiger charge is -2.25. The van der Waals surface area contributed by atoms with Gasteiger partial charge in [-0.05, 0) is 46.5 Å². The lowest BCUT2D eigenvalue weighted by atomic mass is 9.95. The third-order valence-electron chi connectivity index (χ3n) is 2.90. The van der Waals surface area contributed by atoms with E-state index < -0.39 is 5.60 Å². The van der Waals surface area contributed by atoms with Crippen LogP contribution in [0.4, 0.5) is 0 Å². The number of rotatable bonds is 4. The predicted octanol–water partition coefficient (Wildman–Crippen LogP) is 1.95. The van der Waals surface area contributed by atoms with Gasteiger partial charge < -0.3 is 14.6 Å². The van der Waals surface area contributed by atoms with E-state index >= 15 is 0 Å². The van der Waals surface area contributed by atoms with E-state index in [0.29, 0.717) is 25.7 Å². The molecule has 0 aromatic carbocycles. The van der Waals surface area contributed by atoms with Gasteiger partial charge in [-0.1, -0.05) is 0 Å². The SMILES string of the molecule is CC(C)(C)OC(=O)CCC(=O)OC1CCC(O)CC1. The molecule has 0 aromatic rings. The van der Waals surface area contributed by atoms with Crippen LogP contribution in [0, 0.1) is 0 Å². The van der Waals surface area contributed by atoms with Crippen molar-refractivity contribution in [3.63, 3.8) is 0 Å². The Kier molecular flexibility index (Phi) is 5.79. The lowest BCUT2D eigenvalue weighted by molar-refractivity contribution is -0.160. The van der Waals surface area contributed by atoms with Crippen LogP contribution >= 0.6 is 0 Å². The molecule has 1 rings (SSSR count). The molecule has 0 aliphatic heterocycles. The minimum Gasteiger partial charge on any atom is -0.462 e. The molecule has 1 N–H and O–H groups in total. The van der Waals surface area contributed by atoms with Crippen molar-refractivity contribution in [3.05, 3.63) is 0 Å². The van der Waals surface area contributed by atoms with Crippen LogP contribution in [0.1, 0.15) is 59.3 Å². The summed E-state index contributed by atoms with van der Waals surface area (Å²) in [6, 6.07) is 0. The first-order valence-electron chi connectivity index (χ1n) is 6.85. The number of esters is 2. The van der Waals surface area contributed by atoms with Gasteiger partial charge >= 0.3 is 11.9 Å². The van der Waals surface area contributed by atoms with E-state index in [9.17, 15) is 14.7 Å². The van der Waals surface area contributed by atoms with E-state index in [1.165, 1.54) is 0 Å². The van der Waals surface area contributed by atoms with Gasteiger partial charge in [-0.2, -0.15) is 0 Å². The normalized spacial score (nSPS) is 23.8. The van der Waals surface area contributed by atoms with Crippen LogP contribution in [0.5, 0.6) is 0 Å². The Morgan fingerprint density at radius 1 is 1.05 bits per heavy atom. The molecule has 0 spiro atoms. The number of aliphatic hydroxyl groups excluding tert-OH is 1. The third kappa shape index (κ3) is 7.15. The fourth-order valence-corrected chi connectivity index (χ4v) is 2.00. The minimum atomic E-state index is -0.527. The van der Waals surface area contributed by atoms with Crippen LogP contribution in [0.25, 0.3) is 0 Å². The van der Waals surface area contributed by atoms with Crippen LogP contribution in [0.2, 0.25) is 0 Å². The molecule has 0 amide bonds. The van der Waals surface area contributed by atoms with Crippen molar-refractivity contribution in [2.75, 3.05) is 0 Å². The van der Waals surface area contributed by atoms with Gasteiger partial charge in [0.1, 0.15) is 11.7 Å². The summed E-state index contributed by atoms with van der Waals surface area (Å²) in [5.74, 6) is -0.754. The molecular weight excluding hydrogens is 248 g/mol. The molecule has 0 aromatic heterocycles. The largest absolute Gasteiger partial charge is 0.462 e. The van der Waals surface area contributed by atoms with Gasteiger partial charge in [-0.15, -0.1) is 0 Å². The maximum atomic E-state index is 11.6. The first-order chi connectivity index (χ1) is 8.76. The molecule has 5 heteroatoms. The molecule has 0 bridgehead atoms. The fourth-order valence-electron chi connectivity index (χ4n) is 2.00. The molecular formula is C14H24O5. The lowest BCUT2D eigenvalue weighted by Crippen LogP contribution is -2.27. The average molecular weight is 272 g/mol. The topological polar surface area (TPSA) is 72.8 Å². The molecule has 0 unspecified atom stereocenters. The zero-order chi connectivity index (χ0) is 14.5. The van der Waals surface area contributed by atoms with E-state index in [1.54, 1.807) is 20.8 Å². The first kappa shape index (κ1) is 16.0. The molecule has 0 radical (unpaired) electrons. The summed E-state index contributed by atoms with van der Waals surface area (Å²) in [6.07, 6.45) is 2.44. The Balaban J connectivity index is 2.19. The van der Waals surface area contributed by atoms with E-state index in [1.807, 2.05) is 0 Å². The summed E-state index contributed by atoms with van der Waals surface area (Å²) in [5, 5.41) is 9.34. The van der Waals surface area contributed by atoms with Crippen molar-refractivity contribution in [3.8, 4) is 0 Å². The number of hydrogen-bond donors (Lipinski definition) is 1. The molecule has 0 atom stereocenters. The molecule has 1 aliphatic carbocycles. The highest BCUT2D eigenvalue weighted by molar-refractivity contribution is 5.77. The zero-order valence-corrected chi connectivity index (χ0v) is 12.0. The molecule has 1 saturated carbocycles. The van der Waals surface area contributed by atoms with Crippen LogP contribution in [-0.4, -0.2) is 34.9 Å². The number of carbonyl (C=O) groups is 2. The van der Waals surface area contributed by atoms with E-state index in [4.69, 9.17) is 9.47 Å². The monoisotopic (exact) mass is 272 g/mol. The maximum Gasteiger partial charge on any atom is 0.306 e. The Labute approximate surface area is 114 Å². The van der Waals surface area contributed by atoms with Gasteiger partial charge in [-0.3, -0.25) is 9.59 Å². The molecule has 5 nitrogen and oxygen atoms in total. The molecule has 110 valence electrons. The first-order valence-corrected chi connectivity index (χ1v) is 6.85. The van der Waals surface area contributed by atoms with E-state index in [0.717, 1.165) is 0 Å². The Morgan fingerprint density at radius 3 is 2.11 bits per heavy atom. The summed E-state index contributed by atoms with van der Waals surface area (Å²) in [7, 11) is 0. The predicted molar refractivity (Wildman–Crippen MR) is 69.4 cm³/mol. The highest BCUT2D eigenvalue weighted by Gasteiger charge is 2.23. The van der Waals surface area contributed by atoms with Gasteiger partial charge in [0, 0.05) is 0 Å². The quantitative estimate of drug-likeness (QED) is 0.792. The van der Waals surface area contributed by atoms with Crippen molar-refractivity contribution >= 4 is 11.9 Å². The van der Waals surface area contributed by atoms with Gasteiger partial charge in [0.05, 0.1) is 18.9 Å². The smallest absolute Gasteiger partial charge is 0.306 e. The Hall–Kier alpha value is -1.10. The standard InChI is InChI=1S/C14H24O5/c1-14(2,3)19-13(17)9-8-12(16)18-11-6-4-10(15)5-7-11/h10-11,15H,4-9H2,1-3H3. The van der Waals surface area contributed by atoms with E-state index in [-0.39, 0.29) is 37.0 Å². The summed E-state index contributed by atoms with van der Waals surface area (Å²) in [6.45, 7) is 5.36. The number of hydrogen-bond acceptors (Lipinski definition) is 5. The maximum absolute atomic E-state index is 11.6. The second kappa shape index (κ2) is 6.89. The zero-order valence-electron chi connectivity index (χ0n) is 12.0. The van der Waals surface area contributed by atoms with Gasteiger partial charge in [0.15, 0.2) is 0 Å². The second-order valence-electron chi connectivity index (χ2n) is 6.01. The van der Waals surface area contributed by atoms with Crippen molar-refractivity contribution in [2.24, 2.45) is 0 Å². The van der Waals surface area contributed by atoms with Crippen molar-refractivity contribution in [1.29, 1.82) is 0 Å². The second-order valence-corrected chi connectivity index (χ2v) is 6.01. The number of ether oxygens (including phenoxy) is 2. The van der Waals surface area contributed by atoms with Gasteiger partial charge in [-0.25, -0.2) is 0 Å². The van der Waals surface area contributed by atoms with Crippen LogP contribution in [0.15, 0.2) is 0 Å². The minimum absolute atomic E-state index is 0.0471. The number of carbonyl (C=O) groups excluding carboxylic acids is 2. The van der Waals surface area contributed by atoms with Gasteiger partial charge in [0.25, 0.3) is 0 Å². The molecule has 0 saturated heterocycles. The molecule has 0 heterocycles. The highest BCUT2D eigenvalue weighted by atomic mass is 16.6. The highest BCUT2D eigenvalue weighted by Crippen LogP contribution is 2.21. The molecule has 1 aliphatic rings. The van der Waals surface area contributed by atoms with Crippen molar-refractivity contribution < 1.29 is 24.2 Å². The fraction of sp³-hybridized carbons (Fsp3) is 0.857. The summed E-state index contributed by atoms with van der Waals surface area (Å²) in [5.41, 5.74) is -0.527. The summed E-state index contributed by atoms with van der Waals surface area (Å²) < 4.78 is 10.4. The average Bonchev–Trinajstić information content (AvgIpc) is 2.27. The van der Waals surface area contributed by atoms with Crippen molar-refractivity contribution in [1.82, 2.24) is 0 Å². The Bertz CT molecular complexity index is 310. The Morgan fingerprint density at radius 2 is 1.58 bits per heavy atom. The van der Waals surface area contributed by atoms with Crippen LogP contribution < -0.4 is 0 Å². The van der Waals surface area contributed by atoms with Gasteiger partial charge in [0.2, 0.25) is 0 Å². The third-order valence-corrected chi connectivity index (χ3v) is 2.90. The van der Waals surface area contributed by atoms with Crippen molar-refractivity contribution in [2.45, 2.75) is 77.1 Å². The summed E-state index contributed by atoms with van der Waals surface area (Å²) >= 11 is 0. The van der Waals surface area contributed by atoms with Crippen LogP contribution in [0.3, 0.4) is 0 Å². The molecule has 1 fully saturated rings. The summed E-state index contributed by atoms with van der Waals surface area (Å²) in [4.78, 5) is 23.0. The molecule has 19 heavy (non-hydrogen) atoms. The number of aliphatic hydroxyl groups is 1.